The standard InChI is InChI=1S/C22H22N2O2/c1-25-21(26-16-17-8-4-2-5-9-17)22(12-13-22)20(19(14-23)15-24)18-10-6-3-7-11-18/h2-11,19-21H,12-13,16H2,1H3. The first kappa shape index (κ1) is 18.1. The number of methoxy groups -OCH3 is 1. The van der Waals surface area contributed by atoms with Crippen molar-refractivity contribution in [3.63, 3.8) is 0 Å². The van der Waals surface area contributed by atoms with E-state index < -0.39 is 12.2 Å². The summed E-state index contributed by atoms with van der Waals surface area (Å²) in [6.45, 7) is 0.437. The fourth-order valence-electron chi connectivity index (χ4n) is 3.75. The molecule has 0 spiro atoms. The van der Waals surface area contributed by atoms with E-state index in [2.05, 4.69) is 12.1 Å². The Morgan fingerprint density at radius 1 is 0.962 bits per heavy atom. The number of nitriles is 2. The Bertz CT molecular complexity index is 774. The third-order valence-corrected chi connectivity index (χ3v) is 5.14. The van der Waals surface area contributed by atoms with E-state index >= 15 is 0 Å². The van der Waals surface area contributed by atoms with Crippen LogP contribution in [0.15, 0.2) is 60.7 Å². The highest BCUT2D eigenvalue weighted by Gasteiger charge is 2.59. The van der Waals surface area contributed by atoms with E-state index in [0.717, 1.165) is 24.0 Å². The molecule has 0 aromatic heterocycles. The summed E-state index contributed by atoms with van der Waals surface area (Å²) in [5.74, 6) is -0.975. The van der Waals surface area contributed by atoms with Crippen molar-refractivity contribution in [1.82, 2.24) is 0 Å². The molecule has 4 heteroatoms. The van der Waals surface area contributed by atoms with Gasteiger partial charge in [0.05, 0.1) is 18.7 Å². The lowest BCUT2D eigenvalue weighted by Crippen LogP contribution is -2.35. The Labute approximate surface area is 154 Å². The normalized spacial score (nSPS) is 17.1. The van der Waals surface area contributed by atoms with Gasteiger partial charge in [0.1, 0.15) is 5.92 Å². The minimum Gasteiger partial charge on any atom is -0.355 e. The molecule has 0 bridgehead atoms. The summed E-state index contributed by atoms with van der Waals surface area (Å²) in [5, 5.41) is 19.1. The van der Waals surface area contributed by atoms with Gasteiger partial charge < -0.3 is 9.47 Å². The maximum atomic E-state index is 9.56. The van der Waals surface area contributed by atoms with Crippen LogP contribution < -0.4 is 0 Å². The molecule has 3 rings (SSSR count). The highest BCUT2D eigenvalue weighted by molar-refractivity contribution is 5.31. The fraction of sp³-hybridized carbons (Fsp3) is 0.364. The van der Waals surface area contributed by atoms with E-state index in [1.165, 1.54) is 0 Å². The molecule has 132 valence electrons. The second kappa shape index (κ2) is 8.15. The fourth-order valence-corrected chi connectivity index (χ4v) is 3.75. The van der Waals surface area contributed by atoms with Gasteiger partial charge >= 0.3 is 0 Å². The van der Waals surface area contributed by atoms with Crippen LogP contribution in [0.25, 0.3) is 0 Å². The second-order valence-electron chi connectivity index (χ2n) is 6.72. The molecule has 0 saturated heterocycles. The third-order valence-electron chi connectivity index (χ3n) is 5.14. The molecular formula is C22H22N2O2. The molecule has 0 heterocycles. The first-order valence-electron chi connectivity index (χ1n) is 8.77. The van der Waals surface area contributed by atoms with Crippen molar-refractivity contribution in [3.05, 3.63) is 71.8 Å². The SMILES string of the molecule is COC(OCc1ccccc1)C1(C(c2ccccc2)C(C#N)C#N)CC1. The minimum atomic E-state index is -0.738. The summed E-state index contributed by atoms with van der Waals surface area (Å²) in [6.07, 6.45) is 1.29. The van der Waals surface area contributed by atoms with Gasteiger partial charge in [-0.3, -0.25) is 0 Å². The first-order chi connectivity index (χ1) is 12.7. The van der Waals surface area contributed by atoms with Crippen molar-refractivity contribution < 1.29 is 9.47 Å². The average Bonchev–Trinajstić information content (AvgIpc) is 3.49. The molecule has 1 aliphatic carbocycles. The quantitative estimate of drug-likeness (QED) is 0.664. The van der Waals surface area contributed by atoms with E-state index in [1.54, 1.807) is 7.11 Å². The summed E-state index contributed by atoms with van der Waals surface area (Å²) in [5.41, 5.74) is 1.71. The third kappa shape index (κ3) is 3.63. The van der Waals surface area contributed by atoms with Crippen LogP contribution in [-0.4, -0.2) is 13.4 Å². The first-order valence-corrected chi connectivity index (χ1v) is 8.77. The van der Waals surface area contributed by atoms with E-state index in [1.807, 2.05) is 60.7 Å². The lowest BCUT2D eigenvalue weighted by Gasteiger charge is -2.34. The van der Waals surface area contributed by atoms with Crippen molar-refractivity contribution in [1.29, 1.82) is 10.5 Å². The van der Waals surface area contributed by atoms with Gasteiger partial charge in [-0.05, 0) is 24.0 Å². The Morgan fingerprint density at radius 3 is 2.04 bits per heavy atom. The maximum absolute atomic E-state index is 9.56. The molecule has 1 fully saturated rings. The average molecular weight is 346 g/mol. The molecule has 1 aliphatic rings. The van der Waals surface area contributed by atoms with Crippen LogP contribution in [0.1, 0.15) is 29.9 Å². The molecule has 26 heavy (non-hydrogen) atoms. The lowest BCUT2D eigenvalue weighted by molar-refractivity contribution is -0.178. The summed E-state index contributed by atoms with van der Waals surface area (Å²) in [4.78, 5) is 0. The Hall–Kier alpha value is -2.66. The van der Waals surface area contributed by atoms with E-state index in [9.17, 15) is 10.5 Å². The topological polar surface area (TPSA) is 66.0 Å². The van der Waals surface area contributed by atoms with Crippen LogP contribution >= 0.6 is 0 Å². The minimum absolute atomic E-state index is 0.237. The monoisotopic (exact) mass is 346 g/mol. The van der Waals surface area contributed by atoms with Gasteiger partial charge in [0.25, 0.3) is 0 Å². The van der Waals surface area contributed by atoms with Crippen LogP contribution in [0.5, 0.6) is 0 Å². The van der Waals surface area contributed by atoms with Crippen LogP contribution in [-0.2, 0) is 16.1 Å². The van der Waals surface area contributed by atoms with Gasteiger partial charge in [-0.1, -0.05) is 60.7 Å². The summed E-state index contributed by atoms with van der Waals surface area (Å²) in [6, 6.07) is 24.1. The zero-order valence-electron chi connectivity index (χ0n) is 14.8. The van der Waals surface area contributed by atoms with E-state index in [0.29, 0.717) is 6.61 Å². The number of hydrogen-bond donors (Lipinski definition) is 0. The predicted molar refractivity (Wildman–Crippen MR) is 97.6 cm³/mol. The molecular weight excluding hydrogens is 324 g/mol. The summed E-state index contributed by atoms with van der Waals surface area (Å²) < 4.78 is 11.8. The summed E-state index contributed by atoms with van der Waals surface area (Å²) in [7, 11) is 1.63. The molecule has 2 unspecified atom stereocenters. The molecule has 0 N–H and O–H groups in total. The number of hydrogen-bond acceptors (Lipinski definition) is 4. The van der Waals surface area contributed by atoms with Gasteiger partial charge in [0.2, 0.25) is 0 Å². The molecule has 0 aliphatic heterocycles. The lowest BCUT2D eigenvalue weighted by atomic mass is 9.75. The zero-order chi connectivity index (χ0) is 18.4. The number of ether oxygens (including phenoxy) is 2. The smallest absolute Gasteiger partial charge is 0.163 e. The van der Waals surface area contributed by atoms with Gasteiger partial charge in [-0.2, -0.15) is 10.5 Å². The molecule has 0 radical (unpaired) electrons. The van der Waals surface area contributed by atoms with Gasteiger partial charge in [0.15, 0.2) is 6.29 Å². The zero-order valence-corrected chi connectivity index (χ0v) is 14.8. The van der Waals surface area contributed by atoms with Gasteiger partial charge in [-0.15, -0.1) is 0 Å². The highest BCUT2D eigenvalue weighted by atomic mass is 16.7. The number of nitrogens with zero attached hydrogens (tertiary/aromatic N) is 2. The van der Waals surface area contributed by atoms with Crippen molar-refractivity contribution in [2.45, 2.75) is 31.7 Å². The second-order valence-corrected chi connectivity index (χ2v) is 6.72. The van der Waals surface area contributed by atoms with Crippen molar-refractivity contribution in [3.8, 4) is 12.1 Å². The van der Waals surface area contributed by atoms with E-state index in [4.69, 9.17) is 9.47 Å². The van der Waals surface area contributed by atoms with Crippen LogP contribution in [0, 0.1) is 34.0 Å². The van der Waals surface area contributed by atoms with Crippen LogP contribution in [0.2, 0.25) is 0 Å². The summed E-state index contributed by atoms with van der Waals surface area (Å²) >= 11 is 0. The van der Waals surface area contributed by atoms with Crippen molar-refractivity contribution in [2.24, 2.45) is 11.3 Å². The van der Waals surface area contributed by atoms with Crippen LogP contribution in [0.3, 0.4) is 0 Å². The number of rotatable bonds is 8. The Balaban J connectivity index is 1.87. The molecule has 2 atom stereocenters. The molecule has 1 saturated carbocycles. The molecule has 2 aromatic carbocycles. The van der Waals surface area contributed by atoms with Crippen molar-refractivity contribution in [2.75, 3.05) is 7.11 Å². The highest BCUT2D eigenvalue weighted by Crippen LogP contribution is 2.61. The maximum Gasteiger partial charge on any atom is 0.163 e. The number of benzene rings is 2. The largest absolute Gasteiger partial charge is 0.355 e. The van der Waals surface area contributed by atoms with Crippen LogP contribution in [0.4, 0.5) is 0 Å². The van der Waals surface area contributed by atoms with Gasteiger partial charge in [0, 0.05) is 18.4 Å². The Kier molecular flexibility index (Phi) is 5.68. The molecule has 4 nitrogen and oxygen atoms in total. The van der Waals surface area contributed by atoms with Gasteiger partial charge in [-0.25, -0.2) is 0 Å². The van der Waals surface area contributed by atoms with E-state index in [-0.39, 0.29) is 11.3 Å². The van der Waals surface area contributed by atoms with Crippen molar-refractivity contribution >= 4 is 0 Å². The Morgan fingerprint density at radius 2 is 1.54 bits per heavy atom. The predicted octanol–water partition coefficient (Wildman–Crippen LogP) is 4.40. The molecule has 0 amide bonds. The molecule has 2 aromatic rings.